The lowest BCUT2D eigenvalue weighted by Crippen LogP contribution is -2.43. The zero-order chi connectivity index (χ0) is 24.3. The summed E-state index contributed by atoms with van der Waals surface area (Å²) in [5.74, 6) is -0.999. The summed E-state index contributed by atoms with van der Waals surface area (Å²) in [6.45, 7) is 6.97. The van der Waals surface area contributed by atoms with E-state index in [9.17, 15) is 14.7 Å². The Morgan fingerprint density at radius 2 is 1.97 bits per heavy atom. The minimum Gasteiger partial charge on any atom is -0.393 e. The zero-order valence-corrected chi connectivity index (χ0v) is 20.6. The van der Waals surface area contributed by atoms with Crippen molar-refractivity contribution in [3.05, 3.63) is 52.6 Å². The average molecular weight is 472 g/mol. The van der Waals surface area contributed by atoms with Gasteiger partial charge in [0, 0.05) is 35.7 Å². The largest absolute Gasteiger partial charge is 0.393 e. The number of nitrogens with one attached hydrogen (secondary N) is 2. The molecule has 1 aliphatic rings. The lowest BCUT2D eigenvalue weighted by molar-refractivity contribution is -0.130. The minimum atomic E-state index is -0.782. The number of benzene rings is 1. The summed E-state index contributed by atoms with van der Waals surface area (Å²) in [5.41, 5.74) is 1.46. The lowest BCUT2D eigenvalue weighted by atomic mass is 9.67. The standard InChI is InChI=1S/C26H34ClN3O3/c1-15(31)23(28)22(26(2,3)4)24(33)17-11-18(13-21(32)12-17)25-29-14-20(30-25)9-8-16-6-5-7-19(27)10-16/h5-7,10,14,17-18,21-22,28,32H,8-9,11-13H2,1-4H3,(H,29,30)/t17?,18-,21-,22+/m0/s1. The Hall–Kier alpha value is -2.31. The van der Waals surface area contributed by atoms with Crippen LogP contribution in [0.4, 0.5) is 0 Å². The van der Waals surface area contributed by atoms with E-state index >= 15 is 0 Å². The Bertz CT molecular complexity index is 1020. The Labute approximate surface area is 200 Å². The number of hydrogen-bond donors (Lipinski definition) is 3. The summed E-state index contributed by atoms with van der Waals surface area (Å²) in [6, 6.07) is 7.79. The fraction of sp³-hybridized carbons (Fsp3) is 0.538. The van der Waals surface area contributed by atoms with Crippen LogP contribution in [0.25, 0.3) is 0 Å². The highest BCUT2D eigenvalue weighted by Gasteiger charge is 2.43. The van der Waals surface area contributed by atoms with Crippen molar-refractivity contribution in [2.75, 3.05) is 0 Å². The fourth-order valence-electron chi connectivity index (χ4n) is 4.87. The van der Waals surface area contributed by atoms with Crippen molar-refractivity contribution in [1.29, 1.82) is 5.41 Å². The molecule has 0 saturated heterocycles. The van der Waals surface area contributed by atoms with Gasteiger partial charge >= 0.3 is 0 Å². The second-order valence-corrected chi connectivity index (χ2v) is 10.8. The van der Waals surface area contributed by atoms with Gasteiger partial charge < -0.3 is 15.5 Å². The second-order valence-electron chi connectivity index (χ2n) is 10.3. The first-order valence-corrected chi connectivity index (χ1v) is 11.9. The molecule has 1 aromatic carbocycles. The molecule has 7 heteroatoms. The third kappa shape index (κ3) is 6.39. The Morgan fingerprint density at radius 1 is 1.24 bits per heavy atom. The molecular weight excluding hydrogens is 438 g/mol. The topological polar surface area (TPSA) is 107 Å². The van der Waals surface area contributed by atoms with Crippen LogP contribution < -0.4 is 0 Å². The van der Waals surface area contributed by atoms with Crippen molar-refractivity contribution in [2.24, 2.45) is 17.3 Å². The van der Waals surface area contributed by atoms with Crippen molar-refractivity contribution in [1.82, 2.24) is 9.97 Å². The summed E-state index contributed by atoms with van der Waals surface area (Å²) >= 11 is 6.07. The molecule has 1 unspecified atom stereocenters. The van der Waals surface area contributed by atoms with E-state index in [0.717, 1.165) is 34.9 Å². The molecule has 0 bridgehead atoms. The number of aliphatic hydroxyl groups excluding tert-OH is 1. The van der Waals surface area contributed by atoms with E-state index in [-0.39, 0.29) is 23.2 Å². The molecule has 0 spiro atoms. The maximum atomic E-state index is 13.5. The maximum absolute atomic E-state index is 13.5. The molecule has 1 aromatic heterocycles. The van der Waals surface area contributed by atoms with Crippen LogP contribution in [0.15, 0.2) is 30.5 Å². The van der Waals surface area contributed by atoms with E-state index < -0.39 is 23.4 Å². The van der Waals surface area contributed by atoms with Crippen LogP contribution in [0.2, 0.25) is 5.02 Å². The van der Waals surface area contributed by atoms with Gasteiger partial charge in [-0.1, -0.05) is 44.5 Å². The highest BCUT2D eigenvalue weighted by Crippen LogP contribution is 2.40. The van der Waals surface area contributed by atoms with E-state index in [1.165, 1.54) is 6.92 Å². The van der Waals surface area contributed by atoms with Crippen LogP contribution in [0.1, 0.15) is 70.0 Å². The summed E-state index contributed by atoms with van der Waals surface area (Å²) in [5, 5.41) is 19.5. The molecule has 178 valence electrons. The summed E-state index contributed by atoms with van der Waals surface area (Å²) in [7, 11) is 0. The van der Waals surface area contributed by atoms with Gasteiger partial charge in [0.2, 0.25) is 0 Å². The number of H-pyrrole nitrogens is 1. The van der Waals surface area contributed by atoms with Crippen molar-refractivity contribution < 1.29 is 14.7 Å². The van der Waals surface area contributed by atoms with Gasteiger partial charge in [-0.3, -0.25) is 9.59 Å². The van der Waals surface area contributed by atoms with Crippen LogP contribution in [-0.2, 0) is 22.4 Å². The number of carbonyl (C=O) groups excluding carboxylic acids is 2. The number of imidazole rings is 1. The predicted molar refractivity (Wildman–Crippen MR) is 130 cm³/mol. The van der Waals surface area contributed by atoms with E-state index in [1.807, 2.05) is 51.2 Å². The lowest BCUT2D eigenvalue weighted by Gasteiger charge is -2.36. The molecule has 1 heterocycles. The van der Waals surface area contributed by atoms with Crippen molar-refractivity contribution >= 4 is 28.9 Å². The van der Waals surface area contributed by atoms with Gasteiger partial charge in [-0.25, -0.2) is 4.98 Å². The molecular formula is C26H34ClN3O3. The molecule has 0 amide bonds. The highest BCUT2D eigenvalue weighted by molar-refractivity contribution is 6.42. The Balaban J connectivity index is 1.72. The number of aromatic amines is 1. The fourth-order valence-corrected chi connectivity index (χ4v) is 5.08. The predicted octanol–water partition coefficient (Wildman–Crippen LogP) is 4.93. The van der Waals surface area contributed by atoms with Gasteiger partial charge in [0.25, 0.3) is 0 Å². The average Bonchev–Trinajstić information content (AvgIpc) is 3.20. The van der Waals surface area contributed by atoms with Gasteiger partial charge in [0.05, 0.1) is 17.7 Å². The molecule has 0 aliphatic heterocycles. The SMILES string of the molecule is CC(=O)C(=N)[C@H](C(=O)C1C[C@H](O)C[C@@H](c2ncc(CCc3cccc(Cl)c3)[nH]2)C1)C(C)(C)C. The number of rotatable bonds is 8. The maximum Gasteiger partial charge on any atom is 0.174 e. The molecule has 1 saturated carbocycles. The van der Waals surface area contributed by atoms with E-state index in [4.69, 9.17) is 17.0 Å². The van der Waals surface area contributed by atoms with Crippen molar-refractivity contribution in [2.45, 2.75) is 71.8 Å². The van der Waals surface area contributed by atoms with Crippen LogP contribution in [0, 0.1) is 22.7 Å². The number of aromatic nitrogens is 2. The first-order chi connectivity index (χ1) is 15.5. The minimum absolute atomic E-state index is 0.0743. The summed E-state index contributed by atoms with van der Waals surface area (Å²) in [4.78, 5) is 33.3. The first kappa shape index (κ1) is 25.3. The number of halogens is 1. The number of Topliss-reactive ketones (excluding diaryl/α,β-unsaturated/α-hetero) is 2. The van der Waals surface area contributed by atoms with E-state index in [0.29, 0.717) is 19.3 Å². The number of aryl methyl sites for hydroxylation is 2. The highest BCUT2D eigenvalue weighted by atomic mass is 35.5. The summed E-state index contributed by atoms with van der Waals surface area (Å²) in [6.07, 6.45) is 4.26. The molecule has 3 N–H and O–H groups in total. The van der Waals surface area contributed by atoms with Crippen LogP contribution in [0.3, 0.4) is 0 Å². The smallest absolute Gasteiger partial charge is 0.174 e. The third-order valence-corrected chi connectivity index (χ3v) is 6.75. The molecule has 6 nitrogen and oxygen atoms in total. The van der Waals surface area contributed by atoms with Gasteiger partial charge in [-0.15, -0.1) is 0 Å². The molecule has 4 atom stereocenters. The number of aliphatic hydroxyl groups is 1. The Kier molecular flexibility index (Phi) is 7.91. The van der Waals surface area contributed by atoms with Crippen LogP contribution >= 0.6 is 11.6 Å². The summed E-state index contributed by atoms with van der Waals surface area (Å²) < 4.78 is 0. The third-order valence-electron chi connectivity index (χ3n) is 6.51. The second kappa shape index (κ2) is 10.3. The molecule has 33 heavy (non-hydrogen) atoms. The first-order valence-electron chi connectivity index (χ1n) is 11.5. The van der Waals surface area contributed by atoms with Gasteiger partial charge in [-0.2, -0.15) is 0 Å². The molecule has 1 fully saturated rings. The zero-order valence-electron chi connectivity index (χ0n) is 19.8. The van der Waals surface area contributed by atoms with Crippen molar-refractivity contribution in [3.8, 4) is 0 Å². The monoisotopic (exact) mass is 471 g/mol. The van der Waals surface area contributed by atoms with Gasteiger partial charge in [0.1, 0.15) is 11.6 Å². The van der Waals surface area contributed by atoms with Crippen LogP contribution in [-0.4, -0.2) is 38.5 Å². The van der Waals surface area contributed by atoms with E-state index in [2.05, 4.69) is 9.97 Å². The molecule has 0 radical (unpaired) electrons. The number of nitrogens with zero attached hydrogens (tertiary/aromatic N) is 1. The molecule has 3 rings (SSSR count). The number of carbonyl (C=O) groups is 2. The van der Waals surface area contributed by atoms with Crippen LogP contribution in [0.5, 0.6) is 0 Å². The van der Waals surface area contributed by atoms with Gasteiger partial charge in [0.15, 0.2) is 5.78 Å². The molecule has 1 aliphatic carbocycles. The Morgan fingerprint density at radius 3 is 2.61 bits per heavy atom. The number of ketones is 2. The quantitative estimate of drug-likeness (QED) is 0.474. The van der Waals surface area contributed by atoms with Gasteiger partial charge in [-0.05, 0) is 55.2 Å². The number of hydrogen-bond acceptors (Lipinski definition) is 5. The van der Waals surface area contributed by atoms with Crippen molar-refractivity contribution in [3.63, 3.8) is 0 Å². The molecule has 2 aromatic rings. The van der Waals surface area contributed by atoms with E-state index in [1.54, 1.807) is 0 Å². The normalized spacial score (nSPS) is 22.1.